The van der Waals surface area contributed by atoms with E-state index in [4.69, 9.17) is 5.26 Å². The van der Waals surface area contributed by atoms with Crippen molar-refractivity contribution in [2.75, 3.05) is 0 Å². The molecule has 0 aliphatic heterocycles. The number of hydrogen-bond acceptors (Lipinski definition) is 1. The van der Waals surface area contributed by atoms with Gasteiger partial charge in [0.25, 0.3) is 0 Å². The van der Waals surface area contributed by atoms with E-state index in [1.807, 2.05) is 26.0 Å². The molecule has 1 aromatic carbocycles. The van der Waals surface area contributed by atoms with Gasteiger partial charge in [0.1, 0.15) is 0 Å². The highest BCUT2D eigenvalue weighted by molar-refractivity contribution is 9.10. The Labute approximate surface area is 74.8 Å². The number of hydrogen-bond donors (Lipinski definition) is 0. The molecule has 0 unspecified atom stereocenters. The molecular formula is C9H8BrN. The van der Waals surface area contributed by atoms with E-state index in [-0.39, 0.29) is 0 Å². The third-order valence-corrected chi connectivity index (χ3v) is 2.48. The molecule has 0 radical (unpaired) electrons. The smallest absolute Gasteiger partial charge is 0.0994 e. The molecule has 0 bridgehead atoms. The molecule has 0 spiro atoms. The van der Waals surface area contributed by atoms with Crippen molar-refractivity contribution in [2.45, 2.75) is 13.8 Å². The minimum absolute atomic E-state index is 0.755. The predicted molar refractivity (Wildman–Crippen MR) is 48.3 cm³/mol. The molecule has 0 atom stereocenters. The Hall–Kier alpha value is -0.810. The van der Waals surface area contributed by atoms with Crippen LogP contribution in [0.25, 0.3) is 0 Å². The first-order chi connectivity index (χ1) is 5.15. The maximum atomic E-state index is 8.67. The molecule has 0 heterocycles. The van der Waals surface area contributed by atoms with Gasteiger partial charge in [-0.3, -0.25) is 0 Å². The summed E-state index contributed by atoms with van der Waals surface area (Å²) in [4.78, 5) is 0. The van der Waals surface area contributed by atoms with Crippen LogP contribution in [-0.2, 0) is 0 Å². The minimum atomic E-state index is 0.755. The molecule has 11 heavy (non-hydrogen) atoms. The summed E-state index contributed by atoms with van der Waals surface area (Å²) >= 11 is 3.40. The highest BCUT2D eigenvalue weighted by Crippen LogP contribution is 2.20. The molecule has 1 rings (SSSR count). The van der Waals surface area contributed by atoms with Gasteiger partial charge < -0.3 is 0 Å². The third kappa shape index (κ3) is 1.61. The zero-order valence-corrected chi connectivity index (χ0v) is 8.07. The molecular weight excluding hydrogens is 202 g/mol. The molecule has 0 aliphatic carbocycles. The first kappa shape index (κ1) is 8.29. The average Bonchev–Trinajstić information content (AvgIpc) is 1.97. The second-order valence-electron chi connectivity index (χ2n) is 2.53. The Bertz CT molecular complexity index is 323. The third-order valence-electron chi connectivity index (χ3n) is 1.63. The Kier molecular flexibility index (Phi) is 2.31. The van der Waals surface area contributed by atoms with Crippen molar-refractivity contribution in [3.05, 3.63) is 33.3 Å². The van der Waals surface area contributed by atoms with Crippen LogP contribution in [0, 0.1) is 25.2 Å². The quantitative estimate of drug-likeness (QED) is 0.645. The highest BCUT2D eigenvalue weighted by Gasteiger charge is 2.00. The molecule has 0 saturated heterocycles. The largest absolute Gasteiger partial charge is 0.192 e. The number of benzene rings is 1. The topological polar surface area (TPSA) is 23.8 Å². The van der Waals surface area contributed by atoms with Crippen molar-refractivity contribution in [3.8, 4) is 6.07 Å². The Morgan fingerprint density at radius 3 is 2.45 bits per heavy atom. The van der Waals surface area contributed by atoms with Crippen molar-refractivity contribution < 1.29 is 0 Å². The molecule has 2 heteroatoms. The van der Waals surface area contributed by atoms with Gasteiger partial charge in [0, 0.05) is 4.47 Å². The summed E-state index contributed by atoms with van der Waals surface area (Å²) in [6, 6.07) is 6.00. The number of aryl methyl sites for hydroxylation is 2. The summed E-state index contributed by atoms with van der Waals surface area (Å²) in [7, 11) is 0. The predicted octanol–water partition coefficient (Wildman–Crippen LogP) is 2.94. The second-order valence-corrected chi connectivity index (χ2v) is 3.38. The van der Waals surface area contributed by atoms with Gasteiger partial charge in [0.2, 0.25) is 0 Å². The Morgan fingerprint density at radius 2 is 1.91 bits per heavy atom. The van der Waals surface area contributed by atoms with Crippen LogP contribution in [0.1, 0.15) is 16.7 Å². The summed E-state index contributed by atoms with van der Waals surface area (Å²) in [5.41, 5.74) is 2.88. The second kappa shape index (κ2) is 3.06. The standard InChI is InChI=1S/C9H8BrN/c1-6-4-9(10)7(2)3-8(6)5-11/h3-4H,1-2H3. The fourth-order valence-electron chi connectivity index (χ4n) is 0.901. The summed E-state index contributed by atoms with van der Waals surface area (Å²) in [5, 5.41) is 8.67. The van der Waals surface area contributed by atoms with Crippen molar-refractivity contribution in [1.82, 2.24) is 0 Å². The lowest BCUT2D eigenvalue weighted by Crippen LogP contribution is -1.84. The van der Waals surface area contributed by atoms with E-state index in [0.29, 0.717) is 0 Å². The van der Waals surface area contributed by atoms with Crippen LogP contribution in [0.15, 0.2) is 16.6 Å². The molecule has 0 saturated carbocycles. The van der Waals surface area contributed by atoms with Crippen LogP contribution in [0.3, 0.4) is 0 Å². The molecule has 0 aliphatic rings. The number of nitrogens with zero attached hydrogens (tertiary/aromatic N) is 1. The van der Waals surface area contributed by atoms with Crippen LogP contribution in [0.5, 0.6) is 0 Å². The van der Waals surface area contributed by atoms with Crippen LogP contribution in [0.4, 0.5) is 0 Å². The zero-order chi connectivity index (χ0) is 8.43. The van der Waals surface area contributed by atoms with Gasteiger partial charge in [-0.05, 0) is 37.1 Å². The van der Waals surface area contributed by atoms with Gasteiger partial charge in [-0.15, -0.1) is 0 Å². The lowest BCUT2D eigenvalue weighted by Gasteiger charge is -2.00. The average molecular weight is 210 g/mol. The van der Waals surface area contributed by atoms with Gasteiger partial charge in [-0.1, -0.05) is 15.9 Å². The fourth-order valence-corrected chi connectivity index (χ4v) is 1.36. The molecule has 0 N–H and O–H groups in total. The van der Waals surface area contributed by atoms with Crippen molar-refractivity contribution >= 4 is 15.9 Å². The lowest BCUT2D eigenvalue weighted by molar-refractivity contribution is 1.32. The molecule has 1 nitrogen and oxygen atoms in total. The van der Waals surface area contributed by atoms with Crippen molar-refractivity contribution in [2.24, 2.45) is 0 Å². The monoisotopic (exact) mass is 209 g/mol. The van der Waals surface area contributed by atoms with Gasteiger partial charge >= 0.3 is 0 Å². The lowest BCUT2D eigenvalue weighted by atomic mass is 10.1. The highest BCUT2D eigenvalue weighted by atomic mass is 79.9. The fraction of sp³-hybridized carbons (Fsp3) is 0.222. The van der Waals surface area contributed by atoms with Gasteiger partial charge in [-0.2, -0.15) is 5.26 Å². The number of halogens is 1. The molecule has 0 aromatic heterocycles. The molecule has 0 fully saturated rings. The molecule has 1 aromatic rings. The van der Waals surface area contributed by atoms with Crippen LogP contribution >= 0.6 is 15.9 Å². The van der Waals surface area contributed by atoms with Gasteiger partial charge in [0.15, 0.2) is 0 Å². The molecule has 56 valence electrons. The van der Waals surface area contributed by atoms with Crippen LogP contribution in [-0.4, -0.2) is 0 Å². The summed E-state index contributed by atoms with van der Waals surface area (Å²) in [5.74, 6) is 0. The summed E-state index contributed by atoms with van der Waals surface area (Å²) in [6.45, 7) is 3.91. The van der Waals surface area contributed by atoms with E-state index >= 15 is 0 Å². The maximum Gasteiger partial charge on any atom is 0.0994 e. The number of nitriles is 1. The molecule has 0 amide bonds. The van der Waals surface area contributed by atoms with Gasteiger partial charge in [0.05, 0.1) is 11.6 Å². The van der Waals surface area contributed by atoms with Crippen molar-refractivity contribution in [1.29, 1.82) is 5.26 Å². The summed E-state index contributed by atoms with van der Waals surface area (Å²) < 4.78 is 1.06. The zero-order valence-electron chi connectivity index (χ0n) is 6.48. The number of rotatable bonds is 0. The van der Waals surface area contributed by atoms with Crippen molar-refractivity contribution in [3.63, 3.8) is 0 Å². The van der Waals surface area contributed by atoms with E-state index in [2.05, 4.69) is 22.0 Å². The minimum Gasteiger partial charge on any atom is -0.192 e. The van der Waals surface area contributed by atoms with E-state index < -0.39 is 0 Å². The first-order valence-corrected chi connectivity index (χ1v) is 4.11. The first-order valence-electron chi connectivity index (χ1n) is 3.32. The Balaban J connectivity index is 3.35. The van der Waals surface area contributed by atoms with Crippen LogP contribution in [0.2, 0.25) is 0 Å². The normalized spacial score (nSPS) is 9.27. The van der Waals surface area contributed by atoms with E-state index in [1.165, 1.54) is 0 Å². The van der Waals surface area contributed by atoms with Gasteiger partial charge in [-0.25, -0.2) is 0 Å². The summed E-state index contributed by atoms with van der Waals surface area (Å²) in [6.07, 6.45) is 0. The SMILES string of the molecule is Cc1cc(C#N)c(C)cc1Br. The maximum absolute atomic E-state index is 8.67. The van der Waals surface area contributed by atoms with E-state index in [1.54, 1.807) is 0 Å². The van der Waals surface area contributed by atoms with Crippen LogP contribution < -0.4 is 0 Å². The Morgan fingerprint density at radius 1 is 1.27 bits per heavy atom. The van der Waals surface area contributed by atoms with E-state index in [0.717, 1.165) is 21.2 Å². The van der Waals surface area contributed by atoms with E-state index in [9.17, 15) is 0 Å².